The first-order chi connectivity index (χ1) is 15.0. The van der Waals surface area contributed by atoms with E-state index in [1.165, 1.54) is 7.11 Å². The number of carbonyl (C=O) groups excluding carboxylic acids is 1. The van der Waals surface area contributed by atoms with Gasteiger partial charge in [0.15, 0.2) is 11.5 Å². The maximum atomic E-state index is 12.8. The number of benzene rings is 1. The van der Waals surface area contributed by atoms with E-state index in [1.807, 2.05) is 11.0 Å². The number of carbonyl (C=O) groups is 1. The minimum absolute atomic E-state index is 0.160. The smallest absolute Gasteiger partial charge is 0.222 e. The average Bonchev–Trinajstić information content (AvgIpc) is 3.19. The van der Waals surface area contributed by atoms with Gasteiger partial charge in [-0.2, -0.15) is 0 Å². The molecule has 31 heavy (non-hydrogen) atoms. The van der Waals surface area contributed by atoms with Crippen LogP contribution < -0.4 is 4.74 Å². The molecule has 2 N–H and O–H groups in total. The molecule has 1 aromatic carbocycles. The van der Waals surface area contributed by atoms with Crippen molar-refractivity contribution in [2.45, 2.75) is 50.7 Å². The van der Waals surface area contributed by atoms with Crippen LogP contribution in [0.5, 0.6) is 11.5 Å². The molecule has 3 fully saturated rings. The van der Waals surface area contributed by atoms with Gasteiger partial charge in [0.2, 0.25) is 5.91 Å². The highest BCUT2D eigenvalue weighted by atomic mass is 16.5. The number of rotatable bonds is 7. The summed E-state index contributed by atoms with van der Waals surface area (Å²) in [5.41, 5.74) is 1.06. The van der Waals surface area contributed by atoms with Crippen molar-refractivity contribution < 1.29 is 24.5 Å². The second-order valence-electron chi connectivity index (χ2n) is 9.29. The van der Waals surface area contributed by atoms with Crippen LogP contribution >= 0.6 is 0 Å². The van der Waals surface area contributed by atoms with Crippen LogP contribution in [0.4, 0.5) is 0 Å². The highest BCUT2D eigenvalue weighted by Gasteiger charge is 2.44. The molecule has 1 aromatic rings. The minimum Gasteiger partial charge on any atom is -0.504 e. The number of aliphatic hydroxyl groups excluding tert-OH is 1. The summed E-state index contributed by atoms with van der Waals surface area (Å²) in [6.07, 6.45) is 4.65. The van der Waals surface area contributed by atoms with E-state index in [1.54, 1.807) is 12.1 Å². The van der Waals surface area contributed by atoms with Crippen molar-refractivity contribution in [3.8, 4) is 11.5 Å². The summed E-state index contributed by atoms with van der Waals surface area (Å²) in [4.78, 5) is 17.2. The zero-order chi connectivity index (χ0) is 21.8. The lowest BCUT2D eigenvalue weighted by Gasteiger charge is -2.43. The zero-order valence-corrected chi connectivity index (χ0v) is 18.5. The van der Waals surface area contributed by atoms with Crippen LogP contribution in [0.1, 0.15) is 37.7 Å². The van der Waals surface area contributed by atoms with Crippen molar-refractivity contribution >= 4 is 5.91 Å². The number of ether oxygens (including phenoxy) is 2. The Morgan fingerprint density at radius 1 is 1.16 bits per heavy atom. The lowest BCUT2D eigenvalue weighted by molar-refractivity contribution is -0.130. The van der Waals surface area contributed by atoms with Gasteiger partial charge in [0.1, 0.15) is 0 Å². The molecule has 2 heterocycles. The molecule has 0 aromatic heterocycles. The molecule has 4 rings (SSSR count). The van der Waals surface area contributed by atoms with Crippen LogP contribution in [0, 0.1) is 11.8 Å². The Kier molecular flexibility index (Phi) is 7.35. The first-order valence-electron chi connectivity index (χ1n) is 11.7. The second-order valence-corrected chi connectivity index (χ2v) is 9.29. The van der Waals surface area contributed by atoms with Crippen molar-refractivity contribution in [2.75, 3.05) is 46.5 Å². The Morgan fingerprint density at radius 3 is 2.61 bits per heavy atom. The van der Waals surface area contributed by atoms with Gasteiger partial charge >= 0.3 is 0 Å². The number of aliphatic hydroxyl groups is 1. The Balaban J connectivity index is 1.21. The van der Waals surface area contributed by atoms with Gasteiger partial charge in [0.25, 0.3) is 0 Å². The SMILES string of the molecule is COc1ccc(CCCCC(=O)N2C[C@H]3C[C@@H](N4CCOCC4)[C@H](O)C[C@H]3C2)cc1O. The summed E-state index contributed by atoms with van der Waals surface area (Å²) in [5, 5.41) is 20.6. The van der Waals surface area contributed by atoms with Gasteiger partial charge in [-0.3, -0.25) is 9.69 Å². The summed E-state index contributed by atoms with van der Waals surface area (Å²) < 4.78 is 10.5. The lowest BCUT2D eigenvalue weighted by Crippen LogP contribution is -2.53. The molecule has 0 spiro atoms. The summed E-state index contributed by atoms with van der Waals surface area (Å²) in [6.45, 7) is 4.92. The number of fused-ring (bicyclic) bond motifs is 1. The van der Waals surface area contributed by atoms with E-state index in [-0.39, 0.29) is 23.8 Å². The zero-order valence-electron chi connectivity index (χ0n) is 18.5. The molecule has 1 aliphatic carbocycles. The molecule has 1 amide bonds. The number of aryl methyl sites for hydroxylation is 1. The number of unbranched alkanes of at least 4 members (excludes halogenated alkanes) is 1. The monoisotopic (exact) mass is 432 g/mol. The van der Waals surface area contributed by atoms with Gasteiger partial charge in [-0.1, -0.05) is 6.07 Å². The molecule has 2 aliphatic heterocycles. The van der Waals surface area contributed by atoms with Gasteiger partial charge < -0.3 is 24.6 Å². The van der Waals surface area contributed by atoms with Crippen molar-refractivity contribution in [3.63, 3.8) is 0 Å². The van der Waals surface area contributed by atoms with E-state index in [9.17, 15) is 15.0 Å². The molecule has 7 heteroatoms. The first kappa shape index (κ1) is 22.4. The van der Waals surface area contributed by atoms with E-state index < -0.39 is 0 Å². The summed E-state index contributed by atoms with van der Waals surface area (Å²) in [6, 6.07) is 5.69. The number of hydrogen-bond donors (Lipinski definition) is 2. The molecule has 7 nitrogen and oxygen atoms in total. The quantitative estimate of drug-likeness (QED) is 0.642. The van der Waals surface area contributed by atoms with Crippen LogP contribution in [0.25, 0.3) is 0 Å². The predicted octanol–water partition coefficient (Wildman–Crippen LogP) is 2.04. The van der Waals surface area contributed by atoms with Crippen LogP contribution in [0.15, 0.2) is 18.2 Å². The lowest BCUT2D eigenvalue weighted by atomic mass is 9.77. The highest BCUT2D eigenvalue weighted by Crippen LogP contribution is 2.38. The Bertz CT molecular complexity index is 751. The van der Waals surface area contributed by atoms with Crippen LogP contribution in [0.3, 0.4) is 0 Å². The maximum Gasteiger partial charge on any atom is 0.222 e. The number of nitrogens with zero attached hydrogens (tertiary/aromatic N) is 2. The molecular weight excluding hydrogens is 396 g/mol. The molecule has 0 unspecified atom stereocenters. The van der Waals surface area contributed by atoms with Crippen molar-refractivity contribution in [1.29, 1.82) is 0 Å². The number of methoxy groups -OCH3 is 1. The average molecular weight is 433 g/mol. The van der Waals surface area contributed by atoms with Crippen molar-refractivity contribution in [3.05, 3.63) is 23.8 Å². The molecule has 172 valence electrons. The number of phenolic OH excluding ortho intramolecular Hbond substituents is 1. The molecule has 2 saturated heterocycles. The minimum atomic E-state index is -0.296. The van der Waals surface area contributed by atoms with E-state index in [0.717, 1.165) is 77.1 Å². The summed E-state index contributed by atoms with van der Waals surface area (Å²) in [5.74, 6) is 1.81. The maximum absolute atomic E-state index is 12.8. The number of likely N-dealkylation sites (tertiary alicyclic amines) is 1. The molecule has 0 bridgehead atoms. The third-order valence-electron chi connectivity index (χ3n) is 7.33. The molecule has 3 aliphatic rings. The van der Waals surface area contributed by atoms with E-state index in [4.69, 9.17) is 9.47 Å². The fourth-order valence-electron chi connectivity index (χ4n) is 5.57. The Morgan fingerprint density at radius 2 is 1.90 bits per heavy atom. The number of phenols is 1. The van der Waals surface area contributed by atoms with Crippen LogP contribution in [-0.2, 0) is 16.0 Å². The van der Waals surface area contributed by atoms with E-state index in [0.29, 0.717) is 24.0 Å². The van der Waals surface area contributed by atoms with Crippen molar-refractivity contribution in [2.24, 2.45) is 11.8 Å². The van der Waals surface area contributed by atoms with Gasteiger partial charge in [-0.15, -0.1) is 0 Å². The highest BCUT2D eigenvalue weighted by molar-refractivity contribution is 5.76. The normalized spacial score (nSPS) is 29.0. The third-order valence-corrected chi connectivity index (χ3v) is 7.33. The van der Waals surface area contributed by atoms with Gasteiger partial charge in [-0.05, 0) is 61.6 Å². The molecule has 4 atom stereocenters. The van der Waals surface area contributed by atoms with E-state index in [2.05, 4.69) is 4.90 Å². The van der Waals surface area contributed by atoms with Crippen LogP contribution in [-0.4, -0.2) is 84.6 Å². The van der Waals surface area contributed by atoms with Gasteiger partial charge in [0, 0.05) is 38.6 Å². The predicted molar refractivity (Wildman–Crippen MR) is 117 cm³/mol. The topological polar surface area (TPSA) is 82.5 Å². The Hall–Kier alpha value is -1.83. The fraction of sp³-hybridized carbons (Fsp3) is 0.708. The van der Waals surface area contributed by atoms with Crippen LogP contribution in [0.2, 0.25) is 0 Å². The summed E-state index contributed by atoms with van der Waals surface area (Å²) >= 11 is 0. The van der Waals surface area contributed by atoms with Gasteiger partial charge in [0.05, 0.1) is 26.4 Å². The molecule has 0 radical (unpaired) electrons. The number of amides is 1. The first-order valence-corrected chi connectivity index (χ1v) is 11.7. The number of aromatic hydroxyl groups is 1. The largest absolute Gasteiger partial charge is 0.504 e. The van der Waals surface area contributed by atoms with E-state index >= 15 is 0 Å². The Labute approximate surface area is 184 Å². The molecular formula is C24H36N2O5. The number of hydrogen-bond acceptors (Lipinski definition) is 6. The fourth-order valence-corrected chi connectivity index (χ4v) is 5.57. The van der Waals surface area contributed by atoms with Crippen molar-refractivity contribution in [1.82, 2.24) is 9.80 Å². The second kappa shape index (κ2) is 10.2. The number of morpholine rings is 1. The van der Waals surface area contributed by atoms with Gasteiger partial charge in [-0.25, -0.2) is 0 Å². The summed E-state index contributed by atoms with van der Waals surface area (Å²) in [7, 11) is 1.54. The molecule has 1 saturated carbocycles. The standard InChI is InChI=1S/C24H36N2O5/c1-30-23-7-6-17(12-22(23)28)4-2-3-5-24(29)26-15-18-13-20(21(27)14-19(18)16-26)25-8-10-31-11-9-25/h6-7,12,18-21,27-28H,2-5,8-11,13-16H2,1H3/t18-,19+,20-,21-/m1/s1. The third kappa shape index (κ3) is 5.33.